The van der Waals surface area contributed by atoms with E-state index >= 15 is 0 Å². The lowest BCUT2D eigenvalue weighted by Crippen LogP contribution is -2.43. The van der Waals surface area contributed by atoms with Crippen LogP contribution >= 0.6 is 10.5 Å². The Labute approximate surface area is 200 Å². The van der Waals surface area contributed by atoms with Crippen LogP contribution in [0.2, 0.25) is 0 Å². The third-order valence-corrected chi connectivity index (χ3v) is 7.50. The number of aromatic amines is 1. The molecule has 2 fully saturated rings. The first-order chi connectivity index (χ1) is 16.6. The van der Waals surface area contributed by atoms with Crippen LogP contribution in [-0.2, 0) is 4.79 Å². The molecule has 0 bridgehead atoms. The SMILES string of the molecule is O=C([O-])Nc1cnc[s+]1C(=O)N(CC1CC1)c1cn[nH]c1N1CCCC(NC(=O)C(F)(F)F)CC1. The van der Waals surface area contributed by atoms with Gasteiger partial charge in [-0.3, -0.25) is 20.1 Å². The number of nitrogens with one attached hydrogen (secondary N) is 3. The van der Waals surface area contributed by atoms with Crippen LogP contribution in [0.25, 0.3) is 0 Å². The predicted octanol–water partition coefficient (Wildman–Crippen LogP) is 2.23. The number of anilines is 3. The van der Waals surface area contributed by atoms with E-state index in [0.29, 0.717) is 49.9 Å². The number of alkyl halides is 3. The zero-order valence-electron chi connectivity index (χ0n) is 18.5. The number of aromatic nitrogens is 3. The lowest BCUT2D eigenvalue weighted by atomic mass is 10.1. The van der Waals surface area contributed by atoms with Crippen LogP contribution in [0.4, 0.5) is 39.3 Å². The maximum absolute atomic E-state index is 13.5. The van der Waals surface area contributed by atoms with Gasteiger partial charge in [0.1, 0.15) is 34.3 Å². The largest absolute Gasteiger partial charge is 0.530 e. The molecule has 1 aliphatic carbocycles. The summed E-state index contributed by atoms with van der Waals surface area (Å²) in [5, 5.41) is 21.9. The number of halogens is 3. The molecule has 15 heteroatoms. The summed E-state index contributed by atoms with van der Waals surface area (Å²) in [6.45, 7) is 1.25. The topological polar surface area (TPSA) is 146 Å². The highest BCUT2D eigenvalue weighted by Gasteiger charge is 2.40. The Balaban J connectivity index is 1.53. The van der Waals surface area contributed by atoms with Crippen molar-refractivity contribution in [3.63, 3.8) is 0 Å². The Kier molecular flexibility index (Phi) is 7.14. The van der Waals surface area contributed by atoms with Gasteiger partial charge in [0.15, 0.2) is 0 Å². The fraction of sp³-hybridized carbons (Fsp3) is 0.550. The number of rotatable bonds is 7. The van der Waals surface area contributed by atoms with Crippen LogP contribution < -0.4 is 25.5 Å². The number of hydrogen-bond donors (Lipinski definition) is 3. The molecule has 3 N–H and O–H groups in total. The number of hydrogen-bond acceptors (Lipinski definition) is 7. The molecular weight excluding hydrogens is 491 g/mol. The molecule has 0 aromatic carbocycles. The Morgan fingerprint density at radius 3 is 2.66 bits per heavy atom. The van der Waals surface area contributed by atoms with E-state index in [9.17, 15) is 32.7 Å². The van der Waals surface area contributed by atoms with Gasteiger partial charge in [-0.05, 0) is 38.0 Å². The summed E-state index contributed by atoms with van der Waals surface area (Å²) in [6.07, 6.45) is -0.575. The second kappa shape index (κ2) is 10.1. The lowest BCUT2D eigenvalue weighted by Gasteiger charge is -2.25. The van der Waals surface area contributed by atoms with Crippen LogP contribution in [0.1, 0.15) is 32.1 Å². The summed E-state index contributed by atoms with van der Waals surface area (Å²) >= 11 is 0. The van der Waals surface area contributed by atoms with Crippen molar-refractivity contribution in [1.82, 2.24) is 20.5 Å². The first-order valence-corrected chi connectivity index (χ1v) is 12.3. The van der Waals surface area contributed by atoms with Gasteiger partial charge in [-0.1, -0.05) is 0 Å². The number of amides is 3. The first-order valence-electron chi connectivity index (χ1n) is 11.1. The van der Waals surface area contributed by atoms with Gasteiger partial charge in [-0.25, -0.2) is 9.78 Å². The van der Waals surface area contributed by atoms with Gasteiger partial charge < -0.3 is 20.1 Å². The van der Waals surface area contributed by atoms with Crippen molar-refractivity contribution in [3.8, 4) is 0 Å². The highest BCUT2D eigenvalue weighted by atomic mass is 32.2. The van der Waals surface area contributed by atoms with E-state index in [1.807, 2.05) is 4.90 Å². The average Bonchev–Trinajstić information content (AvgIpc) is 3.37. The van der Waals surface area contributed by atoms with Gasteiger partial charge in [0, 0.05) is 25.7 Å². The Morgan fingerprint density at radius 2 is 1.97 bits per heavy atom. The van der Waals surface area contributed by atoms with Crippen molar-refractivity contribution >= 4 is 44.2 Å². The van der Waals surface area contributed by atoms with E-state index in [-0.39, 0.29) is 16.7 Å². The first kappa shape index (κ1) is 24.8. The molecule has 1 saturated carbocycles. The molecule has 3 heterocycles. The van der Waals surface area contributed by atoms with Crippen molar-refractivity contribution in [2.75, 3.05) is 34.8 Å². The Bertz CT molecular complexity index is 1080. The summed E-state index contributed by atoms with van der Waals surface area (Å²) in [4.78, 5) is 43.2. The molecular formula is C20H24F3N7O4S. The van der Waals surface area contributed by atoms with E-state index in [2.05, 4.69) is 25.8 Å². The van der Waals surface area contributed by atoms with Gasteiger partial charge >= 0.3 is 17.3 Å². The van der Waals surface area contributed by atoms with Crippen molar-refractivity contribution in [2.24, 2.45) is 5.92 Å². The molecule has 11 nitrogen and oxygen atoms in total. The van der Waals surface area contributed by atoms with E-state index < -0.39 is 34.7 Å². The van der Waals surface area contributed by atoms with Crippen molar-refractivity contribution < 1.29 is 32.7 Å². The predicted molar refractivity (Wildman–Crippen MR) is 119 cm³/mol. The minimum atomic E-state index is -4.94. The number of nitrogens with zero attached hydrogens (tertiary/aromatic N) is 4. The van der Waals surface area contributed by atoms with Gasteiger partial charge in [-0.2, -0.15) is 18.3 Å². The number of carboxylic acid groups (broad SMARTS) is 1. The summed E-state index contributed by atoms with van der Waals surface area (Å²) < 4.78 is 37.9. The molecule has 2 unspecified atom stereocenters. The molecule has 2 aromatic heterocycles. The van der Waals surface area contributed by atoms with Crippen LogP contribution in [-0.4, -0.2) is 64.3 Å². The molecule has 0 radical (unpaired) electrons. The third-order valence-electron chi connectivity index (χ3n) is 5.89. The quantitative estimate of drug-likeness (QED) is 0.479. The molecule has 0 spiro atoms. The molecule has 1 aliphatic heterocycles. The van der Waals surface area contributed by atoms with Gasteiger partial charge in [0.25, 0.3) is 5.00 Å². The standard InChI is InChI=1S/C20H24F3N7O4S/c21-20(22,23)17(31)26-13-2-1-6-29(7-5-13)16-14(8-25-28-16)30(10-12-3-4-12)19(34)35-11-24-9-15(35)27-18(32)33/h8-9,11-13,27H,1-7,10H2,(H2-,25,26,28,31,32,33). The highest BCUT2D eigenvalue weighted by Crippen LogP contribution is 2.39. The minimum Gasteiger partial charge on any atom is -0.530 e. The van der Waals surface area contributed by atoms with Gasteiger partial charge in [-0.15, -0.1) is 0 Å². The normalized spacial score (nSPS) is 19.1. The number of carbonyl (C=O) groups excluding carboxylic acids is 3. The lowest BCUT2D eigenvalue weighted by molar-refractivity contribution is -0.242. The van der Waals surface area contributed by atoms with Gasteiger partial charge in [0.05, 0.1) is 6.20 Å². The highest BCUT2D eigenvalue weighted by molar-refractivity contribution is 7.53. The second-order valence-corrected chi connectivity index (χ2v) is 10.2. The molecule has 190 valence electrons. The van der Waals surface area contributed by atoms with Crippen molar-refractivity contribution in [3.05, 3.63) is 17.9 Å². The minimum absolute atomic E-state index is 0.124. The molecule has 3 amide bonds. The Hall–Kier alpha value is -3.36. The van der Waals surface area contributed by atoms with Crippen molar-refractivity contribution in [2.45, 2.75) is 44.3 Å². The second-order valence-electron chi connectivity index (χ2n) is 8.51. The van der Waals surface area contributed by atoms with Crippen LogP contribution in [0.15, 0.2) is 17.9 Å². The van der Waals surface area contributed by atoms with E-state index in [1.165, 1.54) is 17.9 Å². The Morgan fingerprint density at radius 1 is 1.20 bits per heavy atom. The number of thiazole rings is 1. The maximum atomic E-state index is 13.5. The monoisotopic (exact) mass is 515 g/mol. The molecule has 2 aromatic rings. The number of H-pyrrole nitrogens is 1. The summed E-state index contributed by atoms with van der Waals surface area (Å²) in [5.74, 6) is -1.11. The summed E-state index contributed by atoms with van der Waals surface area (Å²) in [5.41, 5.74) is 1.88. The van der Waals surface area contributed by atoms with E-state index in [1.54, 1.807) is 4.90 Å². The van der Waals surface area contributed by atoms with Crippen LogP contribution in [0, 0.1) is 5.92 Å². The molecule has 2 aliphatic rings. The molecule has 2 atom stereocenters. The molecule has 4 rings (SSSR count). The fourth-order valence-corrected chi connectivity index (χ4v) is 5.34. The van der Waals surface area contributed by atoms with E-state index in [4.69, 9.17) is 0 Å². The average molecular weight is 516 g/mol. The smallest absolute Gasteiger partial charge is 0.471 e. The number of carbonyl (C=O) groups is 3. The van der Waals surface area contributed by atoms with Gasteiger partial charge in [0.2, 0.25) is 5.51 Å². The third kappa shape index (κ3) is 6.01. The van der Waals surface area contributed by atoms with Crippen molar-refractivity contribution in [1.29, 1.82) is 0 Å². The molecule has 1 saturated heterocycles. The van der Waals surface area contributed by atoms with E-state index in [0.717, 1.165) is 12.8 Å². The van der Waals surface area contributed by atoms with Crippen LogP contribution in [0.3, 0.4) is 0 Å². The van der Waals surface area contributed by atoms with Crippen LogP contribution in [0.5, 0.6) is 0 Å². The summed E-state index contributed by atoms with van der Waals surface area (Å²) in [7, 11) is -1.26. The fourth-order valence-electron chi connectivity index (χ4n) is 3.98. The zero-order valence-corrected chi connectivity index (χ0v) is 19.3. The maximum Gasteiger partial charge on any atom is 0.471 e. The zero-order chi connectivity index (χ0) is 25.2. The molecule has 35 heavy (non-hydrogen) atoms. The summed E-state index contributed by atoms with van der Waals surface area (Å²) in [6, 6.07) is -0.621.